The molecule has 0 aliphatic rings. The van der Waals surface area contributed by atoms with Crippen molar-refractivity contribution in [2.45, 2.75) is 19.6 Å². The van der Waals surface area contributed by atoms with Crippen LogP contribution in [0.3, 0.4) is 0 Å². The lowest BCUT2D eigenvalue weighted by Crippen LogP contribution is -1.96. The summed E-state index contributed by atoms with van der Waals surface area (Å²) in [5.74, 6) is 1.39. The second kappa shape index (κ2) is 6.36. The maximum absolute atomic E-state index is 9.55. The molecule has 0 aliphatic carbocycles. The predicted molar refractivity (Wildman–Crippen MR) is 73.9 cm³/mol. The maximum atomic E-state index is 9.55. The number of hydrogen-bond donors (Lipinski definition) is 2. The van der Waals surface area contributed by atoms with Crippen LogP contribution in [0, 0.1) is 0 Å². The second-order valence-corrected chi connectivity index (χ2v) is 4.35. The molecule has 5 nitrogen and oxygen atoms in total. The highest BCUT2D eigenvalue weighted by Crippen LogP contribution is 2.32. The zero-order valence-corrected chi connectivity index (χ0v) is 11.4. The fourth-order valence-electron chi connectivity index (χ4n) is 1.75. The monoisotopic (exact) mass is 275 g/mol. The first kappa shape index (κ1) is 14.3. The van der Waals surface area contributed by atoms with Gasteiger partial charge in [-0.3, -0.25) is 0 Å². The third-order valence-electron chi connectivity index (χ3n) is 2.87. The molecule has 1 unspecified atom stereocenters. The van der Waals surface area contributed by atoms with Gasteiger partial charge in [0.15, 0.2) is 11.5 Å². The van der Waals surface area contributed by atoms with Crippen LogP contribution in [-0.4, -0.2) is 22.3 Å². The van der Waals surface area contributed by atoms with Crippen molar-refractivity contribution in [1.29, 1.82) is 0 Å². The average molecular weight is 275 g/mol. The number of rotatable bonds is 5. The Morgan fingerprint density at radius 3 is 2.65 bits per heavy atom. The lowest BCUT2D eigenvalue weighted by Gasteiger charge is -2.12. The Hall–Kier alpha value is -2.11. The summed E-state index contributed by atoms with van der Waals surface area (Å²) < 4.78 is 10.9. The molecule has 2 aromatic rings. The number of aromatic nitrogens is 1. The molecule has 2 rings (SSSR count). The standard InChI is InChI=1S/C15H17NO4/c1-10(18)12-5-6-16-15(8-12)20-13-4-3-11(9-17)7-14(13)19-2/h3-8,10,17-18H,9H2,1-2H3. The zero-order valence-electron chi connectivity index (χ0n) is 11.4. The van der Waals surface area contributed by atoms with Crippen LogP contribution >= 0.6 is 0 Å². The second-order valence-electron chi connectivity index (χ2n) is 4.35. The minimum Gasteiger partial charge on any atom is -0.493 e. The summed E-state index contributed by atoms with van der Waals surface area (Å²) >= 11 is 0. The van der Waals surface area contributed by atoms with E-state index < -0.39 is 6.10 Å². The van der Waals surface area contributed by atoms with Crippen molar-refractivity contribution in [2.75, 3.05) is 7.11 Å². The Morgan fingerprint density at radius 1 is 1.20 bits per heavy atom. The fourth-order valence-corrected chi connectivity index (χ4v) is 1.75. The van der Waals surface area contributed by atoms with Crippen molar-refractivity contribution in [3.8, 4) is 17.4 Å². The van der Waals surface area contributed by atoms with Crippen molar-refractivity contribution < 1.29 is 19.7 Å². The summed E-state index contributed by atoms with van der Waals surface area (Å²) in [6.45, 7) is 1.61. The van der Waals surface area contributed by atoms with E-state index in [1.54, 1.807) is 43.5 Å². The number of methoxy groups -OCH3 is 1. The van der Waals surface area contributed by atoms with Crippen LogP contribution in [0.1, 0.15) is 24.2 Å². The Labute approximate surface area is 117 Å². The van der Waals surface area contributed by atoms with E-state index >= 15 is 0 Å². The smallest absolute Gasteiger partial charge is 0.219 e. The lowest BCUT2D eigenvalue weighted by atomic mass is 10.2. The average Bonchev–Trinajstić information content (AvgIpc) is 2.48. The van der Waals surface area contributed by atoms with E-state index in [2.05, 4.69) is 4.98 Å². The summed E-state index contributed by atoms with van der Waals surface area (Å²) in [5, 5.41) is 18.6. The Kier molecular flexibility index (Phi) is 4.55. The number of pyridine rings is 1. The van der Waals surface area contributed by atoms with Gasteiger partial charge in [-0.15, -0.1) is 0 Å². The van der Waals surface area contributed by atoms with Gasteiger partial charge in [0.1, 0.15) is 0 Å². The molecule has 0 bridgehead atoms. The first-order chi connectivity index (χ1) is 9.63. The summed E-state index contributed by atoms with van der Waals surface area (Å²) in [6, 6.07) is 8.55. The lowest BCUT2D eigenvalue weighted by molar-refractivity contribution is 0.198. The number of aliphatic hydroxyl groups is 2. The summed E-state index contributed by atoms with van der Waals surface area (Å²) in [5.41, 5.74) is 1.46. The number of benzene rings is 1. The van der Waals surface area contributed by atoms with E-state index in [1.807, 2.05) is 0 Å². The highest BCUT2D eigenvalue weighted by molar-refractivity contribution is 5.44. The van der Waals surface area contributed by atoms with Crippen LogP contribution in [0.2, 0.25) is 0 Å². The van der Waals surface area contributed by atoms with Crippen LogP contribution in [-0.2, 0) is 6.61 Å². The molecule has 0 radical (unpaired) electrons. The third-order valence-corrected chi connectivity index (χ3v) is 2.87. The maximum Gasteiger partial charge on any atom is 0.219 e. The van der Waals surface area contributed by atoms with E-state index in [-0.39, 0.29) is 6.61 Å². The van der Waals surface area contributed by atoms with Gasteiger partial charge >= 0.3 is 0 Å². The number of nitrogens with zero attached hydrogens (tertiary/aromatic N) is 1. The van der Waals surface area contributed by atoms with Crippen LogP contribution in [0.25, 0.3) is 0 Å². The van der Waals surface area contributed by atoms with Crippen molar-refractivity contribution in [2.24, 2.45) is 0 Å². The van der Waals surface area contributed by atoms with Gasteiger partial charge in [-0.2, -0.15) is 0 Å². The van der Waals surface area contributed by atoms with E-state index in [9.17, 15) is 5.11 Å². The van der Waals surface area contributed by atoms with E-state index in [4.69, 9.17) is 14.6 Å². The molecule has 1 aromatic carbocycles. The SMILES string of the molecule is COc1cc(CO)ccc1Oc1cc(C(C)O)ccn1. The molecule has 0 amide bonds. The van der Waals surface area contributed by atoms with Gasteiger partial charge in [0, 0.05) is 12.3 Å². The fraction of sp³-hybridized carbons (Fsp3) is 0.267. The van der Waals surface area contributed by atoms with Gasteiger partial charge in [-0.05, 0) is 36.2 Å². The Balaban J connectivity index is 2.27. The minimum absolute atomic E-state index is 0.0631. The number of hydrogen-bond acceptors (Lipinski definition) is 5. The zero-order chi connectivity index (χ0) is 14.5. The van der Waals surface area contributed by atoms with Crippen molar-refractivity contribution >= 4 is 0 Å². The largest absolute Gasteiger partial charge is 0.493 e. The van der Waals surface area contributed by atoms with Crippen molar-refractivity contribution in [3.63, 3.8) is 0 Å². The Morgan fingerprint density at radius 2 is 2.00 bits per heavy atom. The number of ether oxygens (including phenoxy) is 2. The first-order valence-corrected chi connectivity index (χ1v) is 6.23. The summed E-state index contributed by atoms with van der Waals surface area (Å²) in [4.78, 5) is 4.10. The molecular weight excluding hydrogens is 258 g/mol. The molecule has 0 spiro atoms. The van der Waals surface area contributed by atoms with Gasteiger partial charge in [0.05, 0.1) is 19.8 Å². The van der Waals surface area contributed by atoms with Gasteiger partial charge in [-0.1, -0.05) is 6.07 Å². The predicted octanol–water partition coefficient (Wildman–Crippen LogP) is 2.43. The van der Waals surface area contributed by atoms with Crippen LogP contribution in [0.4, 0.5) is 0 Å². The van der Waals surface area contributed by atoms with Gasteiger partial charge < -0.3 is 19.7 Å². The van der Waals surface area contributed by atoms with Gasteiger partial charge in [0.2, 0.25) is 5.88 Å². The molecule has 1 heterocycles. The van der Waals surface area contributed by atoms with Crippen LogP contribution in [0.15, 0.2) is 36.5 Å². The molecule has 0 saturated carbocycles. The first-order valence-electron chi connectivity index (χ1n) is 6.23. The number of aliphatic hydroxyl groups excluding tert-OH is 2. The molecular formula is C15H17NO4. The van der Waals surface area contributed by atoms with Gasteiger partial charge in [0.25, 0.3) is 0 Å². The molecule has 2 N–H and O–H groups in total. The molecule has 0 fully saturated rings. The van der Waals surface area contributed by atoms with Crippen LogP contribution < -0.4 is 9.47 Å². The highest BCUT2D eigenvalue weighted by Gasteiger charge is 2.09. The molecule has 1 atom stereocenters. The molecule has 0 aliphatic heterocycles. The Bertz CT molecular complexity index is 584. The molecule has 20 heavy (non-hydrogen) atoms. The quantitative estimate of drug-likeness (QED) is 0.876. The van der Waals surface area contributed by atoms with Crippen molar-refractivity contribution in [3.05, 3.63) is 47.7 Å². The van der Waals surface area contributed by atoms with E-state index in [0.29, 0.717) is 17.4 Å². The normalized spacial score (nSPS) is 12.0. The molecule has 106 valence electrons. The highest BCUT2D eigenvalue weighted by atomic mass is 16.5. The topological polar surface area (TPSA) is 71.8 Å². The summed E-state index contributed by atoms with van der Waals surface area (Å²) in [6.07, 6.45) is 0.991. The molecule has 0 saturated heterocycles. The van der Waals surface area contributed by atoms with Crippen molar-refractivity contribution in [1.82, 2.24) is 4.98 Å². The third kappa shape index (κ3) is 3.26. The van der Waals surface area contributed by atoms with Gasteiger partial charge in [-0.25, -0.2) is 4.98 Å². The van der Waals surface area contributed by atoms with Crippen LogP contribution in [0.5, 0.6) is 17.4 Å². The van der Waals surface area contributed by atoms with E-state index in [1.165, 1.54) is 7.11 Å². The molecule has 1 aromatic heterocycles. The minimum atomic E-state index is -0.584. The molecule has 5 heteroatoms. The van der Waals surface area contributed by atoms with E-state index in [0.717, 1.165) is 11.1 Å². The summed E-state index contributed by atoms with van der Waals surface area (Å²) in [7, 11) is 1.53.